The van der Waals surface area contributed by atoms with Crippen LogP contribution in [0, 0.1) is 12.8 Å². The lowest BCUT2D eigenvalue weighted by molar-refractivity contribution is -0.0770. The standard InChI is InChI=1S/C25H31ClN2O5S/c1-16(2)25-13-12-24(4,33-25)22(14-25)32-21-7-5-6-20(26)19(21)15-27-23(29)28-34(30,31)18-10-8-17(3)9-11-18/h5-11,16,22H,12-15H2,1-4H3,(H2,27,28,29)/t22-,24+,25+/m0/s1. The van der Waals surface area contributed by atoms with E-state index in [0.29, 0.717) is 22.3 Å². The molecule has 0 aromatic heterocycles. The van der Waals surface area contributed by atoms with Gasteiger partial charge in [0.15, 0.2) is 0 Å². The Morgan fingerprint density at radius 2 is 1.91 bits per heavy atom. The molecule has 2 bridgehead atoms. The molecule has 2 aliphatic rings. The summed E-state index contributed by atoms with van der Waals surface area (Å²) in [6.45, 7) is 8.29. The Bertz CT molecular complexity index is 1180. The number of carbonyl (C=O) groups excluding carboxylic acids is 1. The van der Waals surface area contributed by atoms with Crippen molar-refractivity contribution < 1.29 is 22.7 Å². The zero-order chi connectivity index (χ0) is 24.7. The number of urea groups is 1. The molecular formula is C25H31ClN2O5S. The molecule has 0 aliphatic carbocycles. The first-order chi connectivity index (χ1) is 15.9. The van der Waals surface area contributed by atoms with Gasteiger partial charge >= 0.3 is 6.03 Å². The number of halogens is 1. The van der Waals surface area contributed by atoms with Gasteiger partial charge in [-0.2, -0.15) is 0 Å². The third-order valence-electron chi connectivity index (χ3n) is 7.07. The van der Waals surface area contributed by atoms with E-state index in [9.17, 15) is 13.2 Å². The number of sulfonamides is 1. The van der Waals surface area contributed by atoms with Crippen molar-refractivity contribution in [3.05, 3.63) is 58.6 Å². The Morgan fingerprint density at radius 3 is 2.56 bits per heavy atom. The lowest BCUT2D eigenvalue weighted by Gasteiger charge is -2.32. The van der Waals surface area contributed by atoms with Gasteiger partial charge in [0, 0.05) is 23.6 Å². The van der Waals surface area contributed by atoms with Gasteiger partial charge in [-0.05, 0) is 56.9 Å². The minimum absolute atomic E-state index is 0.00384. The fraction of sp³-hybridized carbons (Fsp3) is 0.480. The minimum Gasteiger partial charge on any atom is -0.487 e. The van der Waals surface area contributed by atoms with Gasteiger partial charge in [0.05, 0.1) is 10.5 Å². The van der Waals surface area contributed by atoms with Gasteiger partial charge in [-0.15, -0.1) is 0 Å². The highest BCUT2D eigenvalue weighted by molar-refractivity contribution is 7.90. The molecule has 4 rings (SSSR count). The molecule has 0 saturated carbocycles. The molecule has 2 saturated heterocycles. The van der Waals surface area contributed by atoms with E-state index >= 15 is 0 Å². The molecule has 184 valence electrons. The summed E-state index contributed by atoms with van der Waals surface area (Å²) in [6.07, 6.45) is 2.58. The first-order valence-electron chi connectivity index (χ1n) is 11.5. The van der Waals surface area contributed by atoms with E-state index in [2.05, 4.69) is 26.1 Å². The highest BCUT2D eigenvalue weighted by Gasteiger charge is 2.61. The molecule has 2 aromatic rings. The molecule has 9 heteroatoms. The third-order valence-corrected chi connectivity index (χ3v) is 8.78. The number of fused-ring (bicyclic) bond motifs is 2. The van der Waals surface area contributed by atoms with Crippen molar-refractivity contribution in [3.8, 4) is 5.75 Å². The van der Waals surface area contributed by atoms with E-state index in [-0.39, 0.29) is 28.7 Å². The number of amides is 2. The normalized spacial score (nSPS) is 26.0. The minimum atomic E-state index is -3.99. The van der Waals surface area contributed by atoms with Gasteiger partial charge in [0.2, 0.25) is 0 Å². The number of rotatable bonds is 7. The molecule has 2 aromatic carbocycles. The van der Waals surface area contributed by atoms with Crippen LogP contribution >= 0.6 is 11.6 Å². The van der Waals surface area contributed by atoms with Gasteiger partial charge in [0.25, 0.3) is 10.0 Å². The van der Waals surface area contributed by atoms with Gasteiger partial charge < -0.3 is 14.8 Å². The van der Waals surface area contributed by atoms with E-state index in [1.165, 1.54) is 12.1 Å². The maximum absolute atomic E-state index is 12.5. The maximum Gasteiger partial charge on any atom is 0.328 e. The van der Waals surface area contributed by atoms with Crippen LogP contribution in [0.3, 0.4) is 0 Å². The Hall–Kier alpha value is -2.29. The van der Waals surface area contributed by atoms with Crippen molar-refractivity contribution in [1.29, 1.82) is 0 Å². The molecule has 34 heavy (non-hydrogen) atoms. The van der Waals surface area contributed by atoms with E-state index in [4.69, 9.17) is 21.1 Å². The van der Waals surface area contributed by atoms with Crippen molar-refractivity contribution in [2.75, 3.05) is 0 Å². The Morgan fingerprint density at radius 1 is 1.21 bits per heavy atom. The molecular weight excluding hydrogens is 476 g/mol. The second kappa shape index (κ2) is 9.06. The summed E-state index contributed by atoms with van der Waals surface area (Å²) >= 11 is 6.43. The van der Waals surface area contributed by atoms with Gasteiger partial charge in [-0.1, -0.05) is 49.2 Å². The van der Waals surface area contributed by atoms with Crippen LogP contribution in [0.1, 0.15) is 51.2 Å². The van der Waals surface area contributed by atoms with Crippen molar-refractivity contribution in [2.45, 2.75) is 75.7 Å². The van der Waals surface area contributed by atoms with Crippen molar-refractivity contribution >= 4 is 27.7 Å². The second-order valence-corrected chi connectivity index (χ2v) is 11.9. The monoisotopic (exact) mass is 506 g/mol. The quantitative estimate of drug-likeness (QED) is 0.554. The molecule has 2 aliphatic heterocycles. The van der Waals surface area contributed by atoms with Crippen LogP contribution in [-0.4, -0.2) is 31.8 Å². The number of ether oxygens (including phenoxy) is 2. The van der Waals surface area contributed by atoms with Crippen LogP contribution in [0.5, 0.6) is 5.75 Å². The summed E-state index contributed by atoms with van der Waals surface area (Å²) in [6, 6.07) is 10.7. The SMILES string of the molecule is Cc1ccc(S(=O)(=O)NC(=O)NCc2c(Cl)cccc2O[C@H]2C[C@@]3(C(C)C)CC[C@@]2(C)O3)cc1. The molecule has 0 unspecified atom stereocenters. The largest absolute Gasteiger partial charge is 0.487 e. The topological polar surface area (TPSA) is 93.7 Å². The number of benzene rings is 2. The van der Waals surface area contributed by atoms with Crippen molar-refractivity contribution in [1.82, 2.24) is 10.0 Å². The van der Waals surface area contributed by atoms with Crippen LogP contribution in [0.2, 0.25) is 5.02 Å². The Balaban J connectivity index is 1.45. The van der Waals surface area contributed by atoms with Crippen LogP contribution in [0.25, 0.3) is 0 Å². The number of carbonyl (C=O) groups is 1. The van der Waals surface area contributed by atoms with E-state index in [0.717, 1.165) is 24.8 Å². The molecule has 3 atom stereocenters. The summed E-state index contributed by atoms with van der Waals surface area (Å²) in [5, 5.41) is 3.01. The van der Waals surface area contributed by atoms with Gasteiger partial charge in [-0.25, -0.2) is 17.9 Å². The molecule has 2 N–H and O–H groups in total. The lowest BCUT2D eigenvalue weighted by Crippen LogP contribution is -2.41. The van der Waals surface area contributed by atoms with E-state index in [1.807, 2.05) is 11.6 Å². The Kier molecular flexibility index (Phi) is 6.61. The molecule has 2 amide bonds. The first-order valence-corrected chi connectivity index (χ1v) is 13.3. The molecule has 7 nitrogen and oxygen atoms in total. The highest BCUT2D eigenvalue weighted by atomic mass is 35.5. The van der Waals surface area contributed by atoms with E-state index < -0.39 is 16.1 Å². The van der Waals surface area contributed by atoms with E-state index in [1.54, 1.807) is 30.3 Å². The summed E-state index contributed by atoms with van der Waals surface area (Å²) in [7, 11) is -3.99. The third kappa shape index (κ3) is 4.76. The number of hydrogen-bond donors (Lipinski definition) is 2. The smallest absolute Gasteiger partial charge is 0.328 e. The van der Waals surface area contributed by atoms with Crippen molar-refractivity contribution in [3.63, 3.8) is 0 Å². The average molecular weight is 507 g/mol. The predicted octanol–water partition coefficient (Wildman–Crippen LogP) is 4.95. The zero-order valence-electron chi connectivity index (χ0n) is 19.9. The summed E-state index contributed by atoms with van der Waals surface area (Å²) in [5.74, 6) is 0.929. The summed E-state index contributed by atoms with van der Waals surface area (Å²) in [5.41, 5.74) is 0.943. The Labute approximate surface area is 206 Å². The van der Waals surface area contributed by atoms with Crippen molar-refractivity contribution in [2.24, 2.45) is 5.92 Å². The van der Waals surface area contributed by atoms with Crippen LogP contribution in [0.4, 0.5) is 4.79 Å². The first kappa shape index (κ1) is 24.8. The second-order valence-electron chi connectivity index (χ2n) is 9.76. The summed E-state index contributed by atoms with van der Waals surface area (Å²) in [4.78, 5) is 12.4. The summed E-state index contributed by atoms with van der Waals surface area (Å²) < 4.78 is 39.9. The molecule has 0 spiro atoms. The van der Waals surface area contributed by atoms with Gasteiger partial charge in [0.1, 0.15) is 17.5 Å². The predicted molar refractivity (Wildman–Crippen MR) is 131 cm³/mol. The zero-order valence-corrected chi connectivity index (χ0v) is 21.4. The fourth-order valence-corrected chi connectivity index (χ4v) is 5.97. The molecule has 2 fully saturated rings. The number of hydrogen-bond acceptors (Lipinski definition) is 5. The number of nitrogens with one attached hydrogen (secondary N) is 2. The molecule has 0 radical (unpaired) electrons. The highest BCUT2D eigenvalue weighted by Crippen LogP contribution is 2.55. The fourth-order valence-electron chi connectivity index (χ4n) is 4.81. The van der Waals surface area contributed by atoms with Crippen LogP contribution < -0.4 is 14.8 Å². The number of aryl methyl sites for hydroxylation is 1. The lowest BCUT2D eigenvalue weighted by atomic mass is 9.75. The van der Waals surface area contributed by atoms with Crippen LogP contribution in [-0.2, 0) is 21.3 Å². The maximum atomic E-state index is 12.5. The molecule has 2 heterocycles. The van der Waals surface area contributed by atoms with Crippen LogP contribution in [0.15, 0.2) is 47.4 Å². The average Bonchev–Trinajstić information content (AvgIpc) is 3.25. The van der Waals surface area contributed by atoms with Gasteiger partial charge in [-0.3, -0.25) is 0 Å².